The molecule has 166 valence electrons. The van der Waals surface area contributed by atoms with Crippen molar-refractivity contribution in [3.63, 3.8) is 0 Å². The average Bonchev–Trinajstić information content (AvgIpc) is 3.03. The molecule has 1 heterocycles. The van der Waals surface area contributed by atoms with E-state index < -0.39 is 10.8 Å². The Kier molecular flexibility index (Phi) is 4.68. The van der Waals surface area contributed by atoms with E-state index in [2.05, 4.69) is 34.6 Å². The van der Waals surface area contributed by atoms with Crippen molar-refractivity contribution in [3.8, 4) is 5.75 Å². The summed E-state index contributed by atoms with van der Waals surface area (Å²) in [6.45, 7) is 10.7. The predicted molar refractivity (Wildman–Crippen MR) is 128 cm³/mol. The Morgan fingerprint density at radius 2 is 1.50 bits per heavy atom. The average molecular weight is 469 g/mol. The maximum atomic E-state index is 13.9. The number of carbonyl (C=O) groups is 1. The molecule has 3 aromatic rings. The Morgan fingerprint density at radius 1 is 0.938 bits per heavy atom. The van der Waals surface area contributed by atoms with Crippen molar-refractivity contribution in [3.05, 3.63) is 63.4 Å². The van der Waals surface area contributed by atoms with Gasteiger partial charge in [-0.3, -0.25) is 4.79 Å². The van der Waals surface area contributed by atoms with Gasteiger partial charge in [-0.25, -0.2) is 9.97 Å². The summed E-state index contributed by atoms with van der Waals surface area (Å²) in [4.78, 5) is 23.8. The van der Waals surface area contributed by atoms with E-state index in [-0.39, 0.29) is 11.4 Å². The van der Waals surface area contributed by atoms with E-state index in [9.17, 15) is 4.79 Å². The van der Waals surface area contributed by atoms with Crippen molar-refractivity contribution < 1.29 is 9.53 Å². The van der Waals surface area contributed by atoms with Crippen LogP contribution in [0.4, 0.5) is 0 Å². The van der Waals surface area contributed by atoms with Crippen molar-refractivity contribution in [2.75, 3.05) is 0 Å². The van der Waals surface area contributed by atoms with Gasteiger partial charge >= 0.3 is 5.97 Å². The molecule has 32 heavy (non-hydrogen) atoms. The highest BCUT2D eigenvalue weighted by Crippen LogP contribution is 2.70. The van der Waals surface area contributed by atoms with Gasteiger partial charge in [0.1, 0.15) is 11.2 Å². The molecule has 2 aliphatic rings. The molecular weight excluding hydrogens is 443 g/mol. The second-order valence-corrected chi connectivity index (χ2v) is 11.0. The molecule has 2 atom stereocenters. The van der Waals surface area contributed by atoms with Crippen LogP contribution in [-0.4, -0.2) is 15.9 Å². The van der Waals surface area contributed by atoms with Crippen molar-refractivity contribution in [1.29, 1.82) is 0 Å². The van der Waals surface area contributed by atoms with Crippen LogP contribution >= 0.6 is 23.2 Å². The molecule has 2 unspecified atom stereocenters. The van der Waals surface area contributed by atoms with Crippen LogP contribution in [0.2, 0.25) is 10.0 Å². The Labute approximate surface area is 198 Å². The summed E-state index contributed by atoms with van der Waals surface area (Å²) < 4.78 is 5.99. The fourth-order valence-electron chi connectivity index (χ4n) is 5.67. The lowest BCUT2D eigenvalue weighted by Gasteiger charge is -2.38. The Hall–Kier alpha value is -2.17. The van der Waals surface area contributed by atoms with E-state index in [0.717, 1.165) is 12.1 Å². The molecule has 5 rings (SSSR count). The molecular formula is C26H26Cl2N2O2. The molecule has 1 fully saturated rings. The lowest BCUT2D eigenvalue weighted by atomic mass is 9.64. The topological polar surface area (TPSA) is 52.1 Å². The lowest BCUT2D eigenvalue weighted by Crippen LogP contribution is -2.48. The number of benzene rings is 2. The third-order valence-electron chi connectivity index (χ3n) is 8.19. The summed E-state index contributed by atoms with van der Waals surface area (Å²) in [6, 6.07) is 11.2. The van der Waals surface area contributed by atoms with Crippen LogP contribution < -0.4 is 4.74 Å². The summed E-state index contributed by atoms with van der Waals surface area (Å²) in [7, 11) is 0. The number of aromatic nitrogens is 2. The summed E-state index contributed by atoms with van der Waals surface area (Å²) in [5.41, 5.74) is 2.53. The molecule has 2 bridgehead atoms. The minimum Gasteiger partial charge on any atom is -0.426 e. The lowest BCUT2D eigenvalue weighted by molar-refractivity contribution is -0.145. The van der Waals surface area contributed by atoms with E-state index in [1.807, 2.05) is 24.3 Å². The molecule has 0 amide bonds. The summed E-state index contributed by atoms with van der Waals surface area (Å²) >= 11 is 12.5. The van der Waals surface area contributed by atoms with Crippen LogP contribution in [0.5, 0.6) is 5.75 Å². The van der Waals surface area contributed by atoms with Crippen molar-refractivity contribution in [2.45, 2.75) is 64.2 Å². The van der Waals surface area contributed by atoms with Crippen LogP contribution in [0.1, 0.15) is 70.3 Å². The van der Waals surface area contributed by atoms with Gasteiger partial charge in [0.2, 0.25) is 0 Å². The molecule has 0 saturated heterocycles. The number of hydrogen-bond donors (Lipinski definition) is 0. The summed E-state index contributed by atoms with van der Waals surface area (Å²) in [5.74, 6) is 0.699. The quantitative estimate of drug-likeness (QED) is 0.306. The monoisotopic (exact) mass is 468 g/mol. The zero-order chi connectivity index (χ0) is 23.1. The summed E-state index contributed by atoms with van der Waals surface area (Å²) in [6.07, 6.45) is 1.52. The smallest absolute Gasteiger partial charge is 0.324 e. The fourth-order valence-corrected chi connectivity index (χ4v) is 5.98. The van der Waals surface area contributed by atoms with Crippen LogP contribution in [0.25, 0.3) is 11.0 Å². The third kappa shape index (κ3) is 2.66. The first kappa shape index (κ1) is 21.7. The van der Waals surface area contributed by atoms with Gasteiger partial charge in [-0.15, -0.1) is 0 Å². The maximum Gasteiger partial charge on any atom is 0.324 e. The highest BCUT2D eigenvalue weighted by atomic mass is 35.5. The number of nitrogens with zero attached hydrogens (tertiary/aromatic N) is 2. The number of hydrogen-bond acceptors (Lipinski definition) is 4. The molecule has 0 N–H and O–H groups in total. The van der Waals surface area contributed by atoms with Crippen molar-refractivity contribution in [1.82, 2.24) is 9.97 Å². The zero-order valence-corrected chi connectivity index (χ0v) is 20.4. The van der Waals surface area contributed by atoms with Crippen LogP contribution in [0, 0.1) is 5.41 Å². The number of fused-ring (bicyclic) bond motifs is 6. The number of esters is 1. The van der Waals surface area contributed by atoms with Gasteiger partial charge in [0.15, 0.2) is 0 Å². The van der Waals surface area contributed by atoms with Crippen LogP contribution in [0.15, 0.2) is 36.4 Å². The van der Waals surface area contributed by atoms with Gasteiger partial charge < -0.3 is 4.74 Å². The summed E-state index contributed by atoms with van der Waals surface area (Å²) in [5, 5.41) is 0.865. The first-order valence-corrected chi connectivity index (χ1v) is 11.8. The van der Waals surface area contributed by atoms with E-state index in [1.54, 1.807) is 12.1 Å². The molecule has 2 aliphatic carbocycles. The van der Waals surface area contributed by atoms with Crippen molar-refractivity contribution in [2.24, 2.45) is 5.41 Å². The minimum atomic E-state index is -0.874. The van der Waals surface area contributed by atoms with Gasteiger partial charge in [-0.1, -0.05) is 70.0 Å². The molecule has 1 aromatic heterocycles. The molecule has 0 aliphatic heterocycles. The largest absolute Gasteiger partial charge is 0.426 e. The molecule has 4 nitrogen and oxygen atoms in total. The van der Waals surface area contributed by atoms with E-state index in [1.165, 1.54) is 5.56 Å². The predicted octanol–water partition coefficient (Wildman–Crippen LogP) is 6.99. The first-order valence-electron chi connectivity index (χ1n) is 11.0. The van der Waals surface area contributed by atoms with E-state index >= 15 is 0 Å². The van der Waals surface area contributed by atoms with Crippen molar-refractivity contribution >= 4 is 40.2 Å². The van der Waals surface area contributed by atoms with Gasteiger partial charge in [-0.2, -0.15) is 0 Å². The second-order valence-electron chi connectivity index (χ2n) is 10.2. The Bertz CT molecular complexity index is 1270. The highest BCUT2D eigenvalue weighted by Gasteiger charge is 2.74. The minimum absolute atomic E-state index is 0.268. The van der Waals surface area contributed by atoms with Gasteiger partial charge in [-0.05, 0) is 54.0 Å². The zero-order valence-electron chi connectivity index (χ0n) is 18.9. The Morgan fingerprint density at radius 3 is 2.06 bits per heavy atom. The number of halogens is 2. The molecule has 6 heteroatoms. The molecule has 0 spiro atoms. The molecule has 2 aromatic carbocycles. The van der Waals surface area contributed by atoms with E-state index in [0.29, 0.717) is 44.9 Å². The molecule has 0 radical (unpaired) electrons. The second kappa shape index (κ2) is 6.91. The van der Waals surface area contributed by atoms with Gasteiger partial charge in [0, 0.05) is 5.41 Å². The Balaban J connectivity index is 1.64. The number of rotatable bonds is 3. The maximum absolute atomic E-state index is 13.9. The number of carbonyl (C=O) groups excluding carboxylic acids is 1. The highest BCUT2D eigenvalue weighted by molar-refractivity contribution is 6.42. The van der Waals surface area contributed by atoms with Crippen LogP contribution in [-0.2, 0) is 15.6 Å². The fraction of sp³-hybridized carbons (Fsp3) is 0.423. The van der Waals surface area contributed by atoms with E-state index in [4.69, 9.17) is 37.9 Å². The van der Waals surface area contributed by atoms with Gasteiger partial charge in [0.05, 0.1) is 32.5 Å². The van der Waals surface area contributed by atoms with Gasteiger partial charge in [0.25, 0.3) is 0 Å². The molecule has 1 saturated carbocycles. The SMILES string of the molecule is CC(C)c1ccc(OC(=O)C23CCC(C)(c4nc5cc(Cl)c(Cl)cc5nc42)C3(C)C)cc1. The first-order chi connectivity index (χ1) is 15.0. The number of ether oxygens (including phenoxy) is 1. The standard InChI is InChI=1S/C26H26Cl2N2O2/c1-14(2)15-6-8-16(9-7-15)32-23(31)26-11-10-25(5,24(26,3)4)21-22(26)30-20-13-18(28)17(27)12-19(20)29-21/h6-9,12-14H,10-11H2,1-5H3. The normalized spacial score (nSPS) is 25.4. The third-order valence-corrected chi connectivity index (χ3v) is 8.91. The van der Waals surface area contributed by atoms with Crippen LogP contribution in [0.3, 0.4) is 0 Å².